The lowest BCUT2D eigenvalue weighted by molar-refractivity contribution is -0.116. The topological polar surface area (TPSA) is 93.1 Å². The average molecular weight is 505 g/mol. The Morgan fingerprint density at radius 2 is 1.97 bits per heavy atom. The van der Waals surface area contributed by atoms with Crippen LogP contribution in [0.4, 0.5) is 5.82 Å². The van der Waals surface area contributed by atoms with E-state index >= 15 is 0 Å². The first-order valence-corrected chi connectivity index (χ1v) is 13.3. The van der Waals surface area contributed by atoms with Gasteiger partial charge in [-0.15, -0.1) is 5.11 Å². The Hall–Kier alpha value is -2.61. The van der Waals surface area contributed by atoms with Crippen LogP contribution in [-0.4, -0.2) is 21.4 Å². The van der Waals surface area contributed by atoms with E-state index in [1.165, 1.54) is 0 Å². The van der Waals surface area contributed by atoms with E-state index in [0.29, 0.717) is 29.9 Å². The Bertz CT molecular complexity index is 1330. The van der Waals surface area contributed by atoms with E-state index < -0.39 is 5.60 Å². The van der Waals surface area contributed by atoms with Crippen molar-refractivity contribution < 1.29 is 14.4 Å². The molecule has 2 bridgehead atoms. The van der Waals surface area contributed by atoms with Crippen LogP contribution in [0.5, 0.6) is 0 Å². The number of azo groups is 1. The summed E-state index contributed by atoms with van der Waals surface area (Å²) in [7, 11) is 0. The minimum atomic E-state index is -0.860. The Kier molecular flexibility index (Phi) is 5.31. The fraction of sp³-hybridized carbons (Fsp3) is 0.500. The predicted molar refractivity (Wildman–Crippen MR) is 134 cm³/mol. The summed E-state index contributed by atoms with van der Waals surface area (Å²) in [5.41, 5.74) is 4.87. The molecule has 2 unspecified atom stereocenters. The Morgan fingerprint density at radius 3 is 2.72 bits per heavy atom. The molecule has 3 fully saturated rings. The average Bonchev–Trinajstić information content (AvgIpc) is 3.42. The van der Waals surface area contributed by atoms with Gasteiger partial charge in [0.25, 0.3) is 0 Å². The van der Waals surface area contributed by atoms with Crippen molar-refractivity contribution in [2.45, 2.75) is 76.2 Å². The van der Waals surface area contributed by atoms with Crippen LogP contribution in [0.25, 0.3) is 11.3 Å². The van der Waals surface area contributed by atoms with Crippen molar-refractivity contribution in [3.63, 3.8) is 0 Å². The maximum atomic E-state index is 11.9. The molecule has 1 aromatic carbocycles. The Labute approximate surface area is 214 Å². The molecule has 4 aliphatic rings. The second kappa shape index (κ2) is 8.47. The summed E-state index contributed by atoms with van der Waals surface area (Å²) in [4.78, 5) is 4.47. The summed E-state index contributed by atoms with van der Waals surface area (Å²) in [6.07, 6.45) is 7.77. The molecule has 0 radical (unpaired) electrons. The summed E-state index contributed by atoms with van der Waals surface area (Å²) >= 11 is 6.59. The molecule has 0 saturated heterocycles. The minimum Gasteiger partial charge on any atom is -0.385 e. The predicted octanol–water partition coefficient (Wildman–Crippen LogP) is 6.77. The van der Waals surface area contributed by atoms with E-state index in [1.54, 1.807) is 6.20 Å². The fourth-order valence-electron chi connectivity index (χ4n) is 6.67. The van der Waals surface area contributed by atoms with Crippen molar-refractivity contribution in [2.24, 2.45) is 22.1 Å². The number of fused-ring (bicyclic) bond motifs is 3. The van der Waals surface area contributed by atoms with E-state index in [9.17, 15) is 5.11 Å². The van der Waals surface area contributed by atoms with Gasteiger partial charge in [-0.05, 0) is 75.0 Å². The highest BCUT2D eigenvalue weighted by Crippen LogP contribution is 2.56. The largest absolute Gasteiger partial charge is 0.385 e. The van der Waals surface area contributed by atoms with Gasteiger partial charge in [0.2, 0.25) is 0 Å². The van der Waals surface area contributed by atoms with Crippen LogP contribution in [0.1, 0.15) is 72.5 Å². The number of aliphatic hydroxyl groups is 1. The van der Waals surface area contributed by atoms with Crippen molar-refractivity contribution in [2.75, 3.05) is 0 Å². The minimum absolute atomic E-state index is 0.0808. The van der Waals surface area contributed by atoms with Crippen LogP contribution in [0, 0.1) is 18.8 Å². The van der Waals surface area contributed by atoms with Crippen molar-refractivity contribution in [3.8, 4) is 11.3 Å². The van der Waals surface area contributed by atoms with Crippen molar-refractivity contribution in [1.29, 1.82) is 0 Å². The number of nitrogens with zero attached hydrogens (tertiary/aromatic N) is 4. The summed E-state index contributed by atoms with van der Waals surface area (Å²) < 4.78 is 12.4. The van der Waals surface area contributed by atoms with Gasteiger partial charge in [0.15, 0.2) is 5.82 Å². The maximum Gasteiger partial charge on any atom is 0.179 e. The molecular formula is C28H29ClN4O3. The molecule has 0 amide bonds. The lowest BCUT2D eigenvalue weighted by Crippen LogP contribution is -2.44. The smallest absolute Gasteiger partial charge is 0.179 e. The number of ether oxygens (including phenoxy) is 1. The zero-order chi connectivity index (χ0) is 24.4. The van der Waals surface area contributed by atoms with Crippen LogP contribution in [0.15, 0.2) is 45.2 Å². The first-order valence-electron chi connectivity index (χ1n) is 13.0. The molecule has 4 atom stereocenters. The lowest BCUT2D eigenvalue weighted by atomic mass is 9.70. The Morgan fingerprint density at radius 1 is 1.17 bits per heavy atom. The molecule has 8 heteroatoms. The van der Waals surface area contributed by atoms with Gasteiger partial charge in [0.1, 0.15) is 11.5 Å². The molecule has 1 N–H and O–H groups in total. The molecule has 1 aliphatic heterocycles. The van der Waals surface area contributed by atoms with E-state index in [2.05, 4.69) is 26.4 Å². The van der Waals surface area contributed by atoms with Crippen LogP contribution in [0.2, 0.25) is 5.02 Å². The number of hydrogen-bond donors (Lipinski definition) is 1. The quantitative estimate of drug-likeness (QED) is 0.400. The van der Waals surface area contributed by atoms with Gasteiger partial charge in [0.05, 0.1) is 29.9 Å². The van der Waals surface area contributed by atoms with E-state index in [4.69, 9.17) is 20.9 Å². The molecule has 3 aliphatic carbocycles. The first kappa shape index (κ1) is 22.6. The van der Waals surface area contributed by atoms with Crippen LogP contribution in [-0.2, 0) is 23.5 Å². The third kappa shape index (κ3) is 3.55. The van der Waals surface area contributed by atoms with Gasteiger partial charge in [0, 0.05) is 34.4 Å². The third-order valence-corrected chi connectivity index (χ3v) is 9.02. The second-order valence-corrected chi connectivity index (χ2v) is 11.3. The molecular weight excluding hydrogens is 476 g/mol. The maximum absolute atomic E-state index is 11.9. The SMILES string of the molecule is Cc1cccc(Cl)c1-c1noc(C2CC2)c1COC1C[C@H]2CC[C@@H](C1)C2(O)c1cnc2c(c1)CN=N2. The molecule has 7 nitrogen and oxygen atoms in total. The molecule has 3 saturated carbocycles. The highest BCUT2D eigenvalue weighted by atomic mass is 35.5. The number of aromatic nitrogens is 2. The van der Waals surface area contributed by atoms with E-state index in [0.717, 1.165) is 77.8 Å². The summed E-state index contributed by atoms with van der Waals surface area (Å²) in [5, 5.41) is 25.2. The lowest BCUT2D eigenvalue weighted by Gasteiger charge is -2.43. The highest BCUT2D eigenvalue weighted by Gasteiger charge is 2.55. The number of halogens is 1. The number of rotatable bonds is 6. The van der Waals surface area contributed by atoms with Crippen LogP contribution < -0.4 is 0 Å². The summed E-state index contributed by atoms with van der Waals surface area (Å²) in [6.45, 7) is 3.04. The summed E-state index contributed by atoms with van der Waals surface area (Å²) in [5.74, 6) is 2.33. The zero-order valence-electron chi connectivity index (χ0n) is 20.3. The fourth-order valence-corrected chi connectivity index (χ4v) is 6.98. The normalized spacial score (nSPS) is 28.6. The molecule has 7 rings (SSSR count). The van der Waals surface area contributed by atoms with E-state index in [-0.39, 0.29) is 17.9 Å². The van der Waals surface area contributed by atoms with E-state index in [1.807, 2.05) is 25.1 Å². The molecule has 36 heavy (non-hydrogen) atoms. The standard InChI is InChI=1S/C28H29ClN4O3/c1-15-3-2-4-23(29)24(15)25-22(26(36-33-25)16-5-6-16)14-35-21-10-18-7-8-19(11-21)28(18,34)20-9-17-12-31-32-27(17)30-13-20/h2-4,9,13,16,18-19,21,34H,5-8,10-12,14H2,1H3/t18-,19+,21?,28?. The first-order chi connectivity index (χ1) is 17.5. The Balaban J connectivity index is 1.12. The number of pyridine rings is 1. The second-order valence-electron chi connectivity index (χ2n) is 10.9. The van der Waals surface area contributed by atoms with Crippen LogP contribution in [0.3, 0.4) is 0 Å². The molecule has 0 spiro atoms. The van der Waals surface area contributed by atoms with Crippen molar-refractivity contribution in [1.82, 2.24) is 10.1 Å². The number of aryl methyl sites for hydroxylation is 1. The molecule has 2 aromatic heterocycles. The van der Waals surface area contributed by atoms with Gasteiger partial charge in [-0.2, -0.15) is 5.11 Å². The summed E-state index contributed by atoms with van der Waals surface area (Å²) in [6, 6.07) is 7.97. The molecule has 186 valence electrons. The number of benzene rings is 1. The van der Waals surface area contributed by atoms with Gasteiger partial charge in [-0.1, -0.05) is 28.9 Å². The van der Waals surface area contributed by atoms with Crippen molar-refractivity contribution >= 4 is 17.4 Å². The van der Waals surface area contributed by atoms with Gasteiger partial charge >= 0.3 is 0 Å². The van der Waals surface area contributed by atoms with Gasteiger partial charge in [-0.3, -0.25) is 0 Å². The zero-order valence-corrected chi connectivity index (χ0v) is 21.0. The van der Waals surface area contributed by atoms with Gasteiger partial charge in [-0.25, -0.2) is 4.98 Å². The van der Waals surface area contributed by atoms with Gasteiger partial charge < -0.3 is 14.4 Å². The molecule has 3 heterocycles. The van der Waals surface area contributed by atoms with Crippen molar-refractivity contribution in [3.05, 3.63) is 63.5 Å². The number of hydrogen-bond acceptors (Lipinski definition) is 7. The monoisotopic (exact) mass is 504 g/mol. The third-order valence-electron chi connectivity index (χ3n) is 8.70. The highest BCUT2D eigenvalue weighted by molar-refractivity contribution is 6.33. The van der Waals surface area contributed by atoms with Crippen LogP contribution >= 0.6 is 11.6 Å². The molecule has 3 aromatic rings.